The van der Waals surface area contributed by atoms with E-state index >= 15 is 0 Å². The van der Waals surface area contributed by atoms with Crippen molar-refractivity contribution < 1.29 is 14.5 Å². The van der Waals surface area contributed by atoms with E-state index in [1.807, 2.05) is 0 Å². The van der Waals surface area contributed by atoms with Gasteiger partial charge in [-0.2, -0.15) is 0 Å². The van der Waals surface area contributed by atoms with E-state index in [0.717, 1.165) is 12.8 Å². The van der Waals surface area contributed by atoms with Gasteiger partial charge in [-0.05, 0) is 49.2 Å². The van der Waals surface area contributed by atoms with Gasteiger partial charge in [-0.3, -0.25) is 14.9 Å². The molecule has 0 aromatic heterocycles. The highest BCUT2D eigenvalue weighted by Crippen LogP contribution is 2.33. The highest BCUT2D eigenvalue weighted by molar-refractivity contribution is 6.30. The number of carbonyl (C=O) groups is 1. The van der Waals surface area contributed by atoms with Crippen LogP contribution in [0, 0.1) is 10.1 Å². The summed E-state index contributed by atoms with van der Waals surface area (Å²) < 4.78 is 5.58. The number of benzene rings is 2. The van der Waals surface area contributed by atoms with E-state index in [-0.39, 0.29) is 28.4 Å². The molecule has 0 radical (unpaired) electrons. The van der Waals surface area contributed by atoms with E-state index in [1.54, 1.807) is 29.2 Å². The third-order valence-electron chi connectivity index (χ3n) is 4.36. The smallest absolute Gasteiger partial charge is 0.313 e. The van der Waals surface area contributed by atoms with Crippen LogP contribution in [0.5, 0.6) is 11.5 Å². The summed E-state index contributed by atoms with van der Waals surface area (Å²) in [7, 11) is 0. The topological polar surface area (TPSA) is 98.7 Å². The van der Waals surface area contributed by atoms with Crippen LogP contribution < -0.4 is 10.5 Å². The van der Waals surface area contributed by atoms with Crippen molar-refractivity contribution in [3.05, 3.63) is 63.2 Å². The average Bonchev–Trinajstić information content (AvgIpc) is 3.12. The first kappa shape index (κ1) is 18.2. The van der Waals surface area contributed by atoms with Gasteiger partial charge in [0.15, 0.2) is 0 Å². The molecule has 2 aromatic rings. The lowest BCUT2D eigenvalue weighted by molar-refractivity contribution is -0.385. The van der Waals surface area contributed by atoms with Crippen molar-refractivity contribution in [2.75, 3.05) is 13.1 Å². The van der Waals surface area contributed by atoms with Crippen LogP contribution in [0.15, 0.2) is 42.5 Å². The van der Waals surface area contributed by atoms with Crippen LogP contribution in [0.2, 0.25) is 5.02 Å². The van der Waals surface area contributed by atoms with Gasteiger partial charge in [-0.15, -0.1) is 0 Å². The second-order valence-electron chi connectivity index (χ2n) is 6.03. The van der Waals surface area contributed by atoms with Crippen molar-refractivity contribution in [1.29, 1.82) is 0 Å². The molecule has 2 N–H and O–H groups in total. The Labute approximate surface area is 155 Å². The first-order valence-electron chi connectivity index (χ1n) is 8.22. The average molecular weight is 376 g/mol. The maximum Gasteiger partial charge on any atom is 0.313 e. The molecule has 3 rings (SSSR count). The summed E-state index contributed by atoms with van der Waals surface area (Å²) in [4.78, 5) is 24.9. The van der Waals surface area contributed by atoms with E-state index in [2.05, 4.69) is 0 Å². The zero-order valence-electron chi connectivity index (χ0n) is 13.9. The Morgan fingerprint density at radius 2 is 2.04 bits per heavy atom. The van der Waals surface area contributed by atoms with E-state index in [1.165, 1.54) is 18.2 Å². The number of nitrogens with zero attached hydrogens (tertiary/aromatic N) is 2. The molecular weight excluding hydrogens is 358 g/mol. The maximum atomic E-state index is 12.6. The highest BCUT2D eigenvalue weighted by atomic mass is 35.5. The van der Waals surface area contributed by atoms with E-state index in [0.29, 0.717) is 24.4 Å². The molecule has 0 bridgehead atoms. The summed E-state index contributed by atoms with van der Waals surface area (Å²) in [6.45, 7) is 1.16. The Balaban J connectivity index is 1.76. The molecule has 136 valence electrons. The predicted octanol–water partition coefficient (Wildman–Crippen LogP) is 3.60. The molecule has 1 fully saturated rings. The maximum absolute atomic E-state index is 12.6. The molecule has 1 aliphatic heterocycles. The molecular formula is C18H18ClN3O4. The molecule has 1 amide bonds. The second-order valence-corrected chi connectivity index (χ2v) is 6.46. The number of likely N-dealkylation sites (tertiary alicyclic amines) is 1. The fourth-order valence-electron chi connectivity index (χ4n) is 3.03. The molecule has 1 heterocycles. The molecule has 0 saturated carbocycles. The van der Waals surface area contributed by atoms with Crippen LogP contribution in [-0.4, -0.2) is 34.9 Å². The summed E-state index contributed by atoms with van der Waals surface area (Å²) in [5, 5.41) is 11.4. The van der Waals surface area contributed by atoms with Gasteiger partial charge in [-0.1, -0.05) is 11.6 Å². The second kappa shape index (κ2) is 7.72. The standard InChI is InChI=1S/C18H18ClN3O4/c19-13-5-8-17(16(10-13)22(24)25)26-15-6-3-12(4-7-15)18(23)21-9-1-2-14(21)11-20/h3-8,10,14H,1-2,9,11,20H2. The third kappa shape index (κ3) is 3.79. The van der Waals surface area contributed by atoms with Crippen LogP contribution in [-0.2, 0) is 0 Å². The first-order chi connectivity index (χ1) is 12.5. The number of rotatable bonds is 5. The molecule has 8 heteroatoms. The molecule has 1 atom stereocenters. The summed E-state index contributed by atoms with van der Waals surface area (Å²) in [5.41, 5.74) is 6.03. The molecule has 7 nitrogen and oxygen atoms in total. The molecule has 1 saturated heterocycles. The minimum absolute atomic E-state index is 0.0676. The summed E-state index contributed by atoms with van der Waals surface area (Å²) >= 11 is 5.79. The van der Waals surface area contributed by atoms with Crippen molar-refractivity contribution in [3.63, 3.8) is 0 Å². The lowest BCUT2D eigenvalue weighted by atomic mass is 10.1. The quantitative estimate of drug-likeness (QED) is 0.635. The molecule has 1 aliphatic rings. The minimum atomic E-state index is -0.556. The van der Waals surface area contributed by atoms with E-state index in [9.17, 15) is 14.9 Å². The normalized spacial score (nSPS) is 16.5. The van der Waals surface area contributed by atoms with Crippen LogP contribution in [0.1, 0.15) is 23.2 Å². The van der Waals surface area contributed by atoms with Crippen molar-refractivity contribution >= 4 is 23.2 Å². The molecule has 2 aromatic carbocycles. The fourth-order valence-corrected chi connectivity index (χ4v) is 3.19. The SMILES string of the molecule is NCC1CCCN1C(=O)c1ccc(Oc2ccc(Cl)cc2[N+](=O)[O-])cc1. The largest absolute Gasteiger partial charge is 0.450 e. The van der Waals surface area contributed by atoms with Crippen LogP contribution in [0.3, 0.4) is 0 Å². The van der Waals surface area contributed by atoms with Crippen molar-refractivity contribution in [2.24, 2.45) is 5.73 Å². The molecule has 1 unspecified atom stereocenters. The number of nitro benzene ring substituents is 1. The number of nitro groups is 1. The van der Waals surface area contributed by atoms with Crippen LogP contribution in [0.4, 0.5) is 5.69 Å². The predicted molar refractivity (Wildman–Crippen MR) is 97.7 cm³/mol. The van der Waals surface area contributed by atoms with Crippen molar-refractivity contribution in [3.8, 4) is 11.5 Å². The molecule has 0 aliphatic carbocycles. The van der Waals surface area contributed by atoms with Crippen LogP contribution in [0.25, 0.3) is 0 Å². The lowest BCUT2D eigenvalue weighted by Crippen LogP contribution is -2.39. The van der Waals surface area contributed by atoms with Crippen molar-refractivity contribution in [2.45, 2.75) is 18.9 Å². The fraction of sp³-hybridized carbons (Fsp3) is 0.278. The van der Waals surface area contributed by atoms with Crippen LogP contribution >= 0.6 is 11.6 Å². The summed E-state index contributed by atoms with van der Waals surface area (Å²) in [6.07, 6.45) is 1.87. The highest BCUT2D eigenvalue weighted by Gasteiger charge is 2.28. The number of carbonyl (C=O) groups excluding carboxylic acids is 1. The van der Waals surface area contributed by atoms with Gasteiger partial charge < -0.3 is 15.4 Å². The molecule has 0 spiro atoms. The van der Waals surface area contributed by atoms with E-state index < -0.39 is 4.92 Å². The monoisotopic (exact) mass is 375 g/mol. The Hall–Kier alpha value is -2.64. The Kier molecular flexibility index (Phi) is 5.39. The number of halogens is 1. The molecule has 26 heavy (non-hydrogen) atoms. The minimum Gasteiger partial charge on any atom is -0.450 e. The van der Waals surface area contributed by atoms with Gasteiger partial charge >= 0.3 is 5.69 Å². The lowest BCUT2D eigenvalue weighted by Gasteiger charge is -2.23. The Morgan fingerprint density at radius 3 is 2.69 bits per heavy atom. The zero-order chi connectivity index (χ0) is 18.7. The number of ether oxygens (including phenoxy) is 1. The Morgan fingerprint density at radius 1 is 1.31 bits per heavy atom. The summed E-state index contributed by atoms with van der Waals surface area (Å²) in [6, 6.07) is 10.8. The van der Waals surface area contributed by atoms with Crippen molar-refractivity contribution in [1.82, 2.24) is 4.90 Å². The van der Waals surface area contributed by atoms with Gasteiger partial charge in [0.05, 0.1) is 4.92 Å². The number of nitrogens with two attached hydrogens (primary N) is 1. The van der Waals surface area contributed by atoms with Gasteiger partial charge in [0, 0.05) is 35.8 Å². The number of amides is 1. The van der Waals surface area contributed by atoms with Gasteiger partial charge in [0.2, 0.25) is 5.75 Å². The van der Waals surface area contributed by atoms with E-state index in [4.69, 9.17) is 22.1 Å². The Bertz CT molecular complexity index is 826. The summed E-state index contributed by atoms with van der Waals surface area (Å²) in [5.74, 6) is 0.409. The third-order valence-corrected chi connectivity index (χ3v) is 4.59. The van der Waals surface area contributed by atoms with Gasteiger partial charge in [0.25, 0.3) is 5.91 Å². The van der Waals surface area contributed by atoms with Gasteiger partial charge in [-0.25, -0.2) is 0 Å². The first-order valence-corrected chi connectivity index (χ1v) is 8.60. The number of hydrogen-bond acceptors (Lipinski definition) is 5. The number of hydrogen-bond donors (Lipinski definition) is 1. The van der Waals surface area contributed by atoms with Gasteiger partial charge in [0.1, 0.15) is 5.75 Å². The zero-order valence-corrected chi connectivity index (χ0v) is 14.7.